The standard InChI is InChI=1S/C20H18IN3O/c1-14-11-17(21)8-9-18(14)23-13-16(12-22)20(25)24-10-4-6-15-5-2-3-7-19(15)24/h2-3,5,7-9,11,13,23H,4,6,10H2,1H3/b16-13-. The average Bonchev–Trinajstić information content (AvgIpc) is 2.63. The summed E-state index contributed by atoms with van der Waals surface area (Å²) in [6.07, 6.45) is 3.38. The highest BCUT2D eigenvalue weighted by Gasteiger charge is 2.24. The summed E-state index contributed by atoms with van der Waals surface area (Å²) in [6.45, 7) is 2.63. The van der Waals surface area contributed by atoms with Crippen molar-refractivity contribution in [3.05, 3.63) is 68.9 Å². The first-order chi connectivity index (χ1) is 12.1. The number of aryl methyl sites for hydroxylation is 2. The van der Waals surface area contributed by atoms with Gasteiger partial charge in [0.25, 0.3) is 5.91 Å². The van der Waals surface area contributed by atoms with Gasteiger partial charge in [-0.05, 0) is 77.7 Å². The van der Waals surface area contributed by atoms with Crippen molar-refractivity contribution in [3.8, 4) is 6.07 Å². The van der Waals surface area contributed by atoms with Gasteiger partial charge in [0.1, 0.15) is 11.6 Å². The van der Waals surface area contributed by atoms with Gasteiger partial charge in [0.05, 0.1) is 0 Å². The quantitative estimate of drug-likeness (QED) is 0.435. The Morgan fingerprint density at radius 1 is 1.32 bits per heavy atom. The van der Waals surface area contributed by atoms with Crippen LogP contribution in [0.5, 0.6) is 0 Å². The van der Waals surface area contributed by atoms with Crippen LogP contribution in [0.4, 0.5) is 11.4 Å². The molecule has 1 heterocycles. The number of anilines is 2. The highest BCUT2D eigenvalue weighted by Crippen LogP contribution is 2.28. The molecular formula is C20H18IN3O. The third-order valence-corrected chi connectivity index (χ3v) is 4.94. The molecule has 4 nitrogen and oxygen atoms in total. The van der Waals surface area contributed by atoms with Gasteiger partial charge in [-0.1, -0.05) is 18.2 Å². The van der Waals surface area contributed by atoms with Gasteiger partial charge < -0.3 is 10.2 Å². The summed E-state index contributed by atoms with van der Waals surface area (Å²) in [7, 11) is 0. The van der Waals surface area contributed by atoms with Crippen LogP contribution in [0.3, 0.4) is 0 Å². The first-order valence-corrected chi connectivity index (χ1v) is 9.21. The molecule has 0 saturated heterocycles. The Labute approximate surface area is 161 Å². The molecule has 0 bridgehead atoms. The summed E-state index contributed by atoms with van der Waals surface area (Å²) in [6, 6.07) is 15.9. The molecule has 0 spiro atoms. The van der Waals surface area contributed by atoms with Crippen LogP contribution in [-0.2, 0) is 11.2 Å². The fourth-order valence-electron chi connectivity index (χ4n) is 2.97. The number of nitrogens with zero attached hydrogens (tertiary/aromatic N) is 2. The summed E-state index contributed by atoms with van der Waals surface area (Å²) < 4.78 is 1.14. The first kappa shape index (κ1) is 17.5. The number of nitriles is 1. The molecule has 2 aromatic rings. The number of nitrogens with one attached hydrogen (secondary N) is 1. The monoisotopic (exact) mass is 443 g/mol. The fourth-order valence-corrected chi connectivity index (χ4v) is 3.62. The van der Waals surface area contributed by atoms with E-state index in [1.54, 1.807) is 4.90 Å². The van der Waals surface area contributed by atoms with Gasteiger partial charge >= 0.3 is 0 Å². The zero-order valence-corrected chi connectivity index (χ0v) is 16.1. The topological polar surface area (TPSA) is 56.1 Å². The van der Waals surface area contributed by atoms with Gasteiger partial charge in [-0.25, -0.2) is 0 Å². The van der Waals surface area contributed by atoms with Crippen molar-refractivity contribution in [3.63, 3.8) is 0 Å². The Balaban J connectivity index is 1.84. The van der Waals surface area contributed by atoms with Crippen molar-refractivity contribution in [1.82, 2.24) is 0 Å². The van der Waals surface area contributed by atoms with E-state index >= 15 is 0 Å². The predicted octanol–water partition coefficient (Wildman–Crippen LogP) is 4.40. The van der Waals surface area contributed by atoms with Crippen molar-refractivity contribution in [1.29, 1.82) is 5.26 Å². The van der Waals surface area contributed by atoms with E-state index in [4.69, 9.17) is 0 Å². The molecule has 0 atom stereocenters. The molecule has 0 unspecified atom stereocenters. The molecule has 0 aliphatic carbocycles. The summed E-state index contributed by atoms with van der Waals surface area (Å²) >= 11 is 2.26. The van der Waals surface area contributed by atoms with E-state index in [0.717, 1.165) is 38.9 Å². The second-order valence-electron chi connectivity index (χ2n) is 5.96. The molecule has 0 saturated carbocycles. The van der Waals surface area contributed by atoms with Crippen LogP contribution >= 0.6 is 22.6 Å². The fraction of sp³-hybridized carbons (Fsp3) is 0.200. The van der Waals surface area contributed by atoms with Crippen molar-refractivity contribution in [2.75, 3.05) is 16.8 Å². The van der Waals surface area contributed by atoms with E-state index in [1.807, 2.05) is 55.5 Å². The van der Waals surface area contributed by atoms with Crippen LogP contribution in [-0.4, -0.2) is 12.5 Å². The van der Waals surface area contributed by atoms with Crippen LogP contribution in [0.1, 0.15) is 17.5 Å². The van der Waals surface area contributed by atoms with Crippen molar-refractivity contribution in [2.24, 2.45) is 0 Å². The van der Waals surface area contributed by atoms with E-state index in [1.165, 1.54) is 6.20 Å². The van der Waals surface area contributed by atoms with Crippen LogP contribution in [0.25, 0.3) is 0 Å². The number of fused-ring (bicyclic) bond motifs is 1. The Hall–Kier alpha value is -2.33. The first-order valence-electron chi connectivity index (χ1n) is 8.13. The number of rotatable bonds is 3. The highest BCUT2D eigenvalue weighted by molar-refractivity contribution is 14.1. The van der Waals surface area contributed by atoms with E-state index in [0.29, 0.717) is 6.54 Å². The number of carbonyl (C=O) groups excluding carboxylic acids is 1. The number of para-hydroxylation sites is 1. The zero-order chi connectivity index (χ0) is 17.8. The number of hydrogen-bond acceptors (Lipinski definition) is 3. The van der Waals surface area contributed by atoms with E-state index in [9.17, 15) is 10.1 Å². The lowest BCUT2D eigenvalue weighted by molar-refractivity contribution is -0.114. The summed E-state index contributed by atoms with van der Waals surface area (Å²) in [5, 5.41) is 12.6. The molecule has 25 heavy (non-hydrogen) atoms. The largest absolute Gasteiger partial charge is 0.360 e. The molecule has 5 heteroatoms. The lowest BCUT2D eigenvalue weighted by Gasteiger charge is -2.29. The van der Waals surface area contributed by atoms with Gasteiger partial charge in [-0.15, -0.1) is 0 Å². The minimum atomic E-state index is -0.259. The van der Waals surface area contributed by atoms with Crippen molar-refractivity contribution < 1.29 is 4.79 Å². The van der Waals surface area contributed by atoms with Gasteiger partial charge in [0, 0.05) is 27.7 Å². The molecule has 1 N–H and O–H groups in total. The number of hydrogen-bond donors (Lipinski definition) is 1. The average molecular weight is 443 g/mol. The summed E-state index contributed by atoms with van der Waals surface area (Å²) in [5.41, 5.74) is 4.12. The van der Waals surface area contributed by atoms with Crippen molar-refractivity contribution >= 4 is 39.9 Å². The van der Waals surface area contributed by atoms with E-state index in [-0.39, 0.29) is 11.5 Å². The van der Waals surface area contributed by atoms with Gasteiger partial charge in [-0.3, -0.25) is 4.79 Å². The zero-order valence-electron chi connectivity index (χ0n) is 13.9. The number of benzene rings is 2. The maximum Gasteiger partial charge on any atom is 0.270 e. The molecule has 126 valence electrons. The molecule has 3 rings (SSSR count). The van der Waals surface area contributed by atoms with Crippen LogP contribution in [0.15, 0.2) is 54.2 Å². The Morgan fingerprint density at radius 3 is 2.88 bits per heavy atom. The lowest BCUT2D eigenvalue weighted by atomic mass is 10.0. The molecule has 1 aliphatic heterocycles. The van der Waals surface area contributed by atoms with E-state index in [2.05, 4.69) is 27.9 Å². The smallest absolute Gasteiger partial charge is 0.270 e. The minimum Gasteiger partial charge on any atom is -0.360 e. The number of carbonyl (C=O) groups is 1. The molecule has 0 aromatic heterocycles. The third-order valence-electron chi connectivity index (χ3n) is 4.27. The van der Waals surface area contributed by atoms with Gasteiger partial charge in [-0.2, -0.15) is 5.26 Å². The molecule has 2 aromatic carbocycles. The maximum absolute atomic E-state index is 12.8. The van der Waals surface area contributed by atoms with Crippen LogP contribution in [0.2, 0.25) is 0 Å². The maximum atomic E-state index is 12.8. The highest BCUT2D eigenvalue weighted by atomic mass is 127. The molecule has 1 amide bonds. The second-order valence-corrected chi connectivity index (χ2v) is 7.21. The van der Waals surface area contributed by atoms with E-state index < -0.39 is 0 Å². The Bertz CT molecular complexity index is 883. The van der Waals surface area contributed by atoms with Crippen LogP contribution < -0.4 is 10.2 Å². The molecular weight excluding hydrogens is 425 g/mol. The van der Waals surface area contributed by atoms with Crippen LogP contribution in [0, 0.1) is 21.8 Å². The molecule has 0 radical (unpaired) electrons. The van der Waals surface area contributed by atoms with Gasteiger partial charge in [0.15, 0.2) is 0 Å². The third kappa shape index (κ3) is 3.85. The van der Waals surface area contributed by atoms with Crippen molar-refractivity contribution in [2.45, 2.75) is 19.8 Å². The normalized spacial score (nSPS) is 13.8. The number of halogens is 1. The number of amides is 1. The minimum absolute atomic E-state index is 0.106. The SMILES string of the molecule is Cc1cc(I)ccc1N/C=C(/C#N)C(=O)N1CCCc2ccccc21. The Kier molecular flexibility index (Phi) is 5.39. The van der Waals surface area contributed by atoms with Gasteiger partial charge in [0.2, 0.25) is 0 Å². The molecule has 1 aliphatic rings. The second kappa shape index (κ2) is 7.70. The molecule has 0 fully saturated rings. The predicted molar refractivity (Wildman–Crippen MR) is 108 cm³/mol. The Morgan fingerprint density at radius 2 is 2.12 bits per heavy atom. The summed E-state index contributed by atoms with van der Waals surface area (Å²) in [5.74, 6) is -0.259. The summed E-state index contributed by atoms with van der Waals surface area (Å²) in [4.78, 5) is 14.6. The lowest BCUT2D eigenvalue weighted by Crippen LogP contribution is -2.36.